The van der Waals surface area contributed by atoms with Crippen molar-refractivity contribution in [3.63, 3.8) is 0 Å². The Kier molecular flexibility index (Phi) is 3.73. The first-order valence-electron chi connectivity index (χ1n) is 6.65. The van der Waals surface area contributed by atoms with Gasteiger partial charge in [-0.1, -0.05) is 41.7 Å². The molecule has 1 amide bonds. The van der Waals surface area contributed by atoms with Crippen LogP contribution >= 0.6 is 11.3 Å². The molecule has 8 heteroatoms. The average Bonchev–Trinajstić information content (AvgIpc) is 3.16. The molecule has 112 valence electrons. The Morgan fingerprint density at radius 3 is 2.86 bits per heavy atom. The van der Waals surface area contributed by atoms with Crippen LogP contribution in [-0.4, -0.2) is 39.8 Å². The highest BCUT2D eigenvalue weighted by molar-refractivity contribution is 7.18. The largest absolute Gasteiger partial charge is 0.307 e. The van der Waals surface area contributed by atoms with Crippen LogP contribution in [0.2, 0.25) is 0 Å². The first-order valence-corrected chi connectivity index (χ1v) is 7.46. The van der Waals surface area contributed by atoms with Crippen LogP contribution in [0.1, 0.15) is 6.42 Å². The van der Waals surface area contributed by atoms with Crippen LogP contribution in [0, 0.1) is 11.5 Å². The van der Waals surface area contributed by atoms with Gasteiger partial charge in [0, 0.05) is 18.5 Å². The van der Waals surface area contributed by atoms with Crippen molar-refractivity contribution in [2.75, 3.05) is 18.4 Å². The maximum absolute atomic E-state index is 14.5. The Labute approximate surface area is 130 Å². The smallest absolute Gasteiger partial charge is 0.265 e. The van der Waals surface area contributed by atoms with Gasteiger partial charge in [0.05, 0.1) is 6.54 Å². The van der Waals surface area contributed by atoms with Gasteiger partial charge in [-0.2, -0.15) is 5.26 Å². The number of likely N-dealkylation sites (tertiary alicyclic amines) is 1. The van der Waals surface area contributed by atoms with Gasteiger partial charge in [0.25, 0.3) is 5.91 Å². The van der Waals surface area contributed by atoms with E-state index in [1.54, 1.807) is 0 Å². The van der Waals surface area contributed by atoms with E-state index in [1.165, 1.54) is 16.2 Å². The van der Waals surface area contributed by atoms with Gasteiger partial charge in [-0.3, -0.25) is 10.1 Å². The van der Waals surface area contributed by atoms with Gasteiger partial charge in [-0.05, 0) is 0 Å². The summed E-state index contributed by atoms with van der Waals surface area (Å²) < 4.78 is 14.5. The minimum atomic E-state index is -2.06. The van der Waals surface area contributed by atoms with Gasteiger partial charge in [0.2, 0.25) is 10.8 Å². The van der Waals surface area contributed by atoms with E-state index in [2.05, 4.69) is 15.5 Å². The van der Waals surface area contributed by atoms with Crippen molar-refractivity contribution in [2.24, 2.45) is 0 Å². The lowest BCUT2D eigenvalue weighted by Gasteiger charge is -2.16. The fraction of sp³-hybridized carbons (Fsp3) is 0.286. The van der Waals surface area contributed by atoms with E-state index in [4.69, 9.17) is 5.26 Å². The summed E-state index contributed by atoms with van der Waals surface area (Å²) in [4.78, 5) is 13.3. The number of alkyl halides is 1. The molecule has 1 fully saturated rings. The minimum absolute atomic E-state index is 0.00323. The zero-order valence-corrected chi connectivity index (χ0v) is 12.3. The predicted octanol–water partition coefficient (Wildman–Crippen LogP) is 2.04. The van der Waals surface area contributed by atoms with Crippen molar-refractivity contribution >= 4 is 22.4 Å². The van der Waals surface area contributed by atoms with Crippen molar-refractivity contribution in [1.29, 1.82) is 5.26 Å². The monoisotopic (exact) mass is 317 g/mol. The zero-order chi connectivity index (χ0) is 15.6. The number of nitriles is 1. The third kappa shape index (κ3) is 2.76. The molecule has 0 aliphatic carbocycles. The normalized spacial score (nSPS) is 20.6. The van der Waals surface area contributed by atoms with Crippen molar-refractivity contribution in [3.05, 3.63) is 30.3 Å². The molecule has 1 aromatic heterocycles. The molecule has 0 saturated carbocycles. The Balaban J connectivity index is 1.71. The number of carbonyl (C=O) groups excluding carboxylic acids is 1. The number of nitrogens with zero attached hydrogens (tertiary/aromatic N) is 4. The molecule has 1 atom stereocenters. The van der Waals surface area contributed by atoms with E-state index < -0.39 is 11.6 Å². The maximum Gasteiger partial charge on any atom is 0.265 e. The second-order valence-electron chi connectivity index (χ2n) is 4.97. The molecule has 1 unspecified atom stereocenters. The summed E-state index contributed by atoms with van der Waals surface area (Å²) in [7, 11) is 0. The summed E-state index contributed by atoms with van der Waals surface area (Å²) in [6, 6.07) is 9.40. The molecule has 1 N–H and O–H groups in total. The maximum atomic E-state index is 14.5. The van der Waals surface area contributed by atoms with E-state index in [-0.39, 0.29) is 24.6 Å². The second-order valence-corrected chi connectivity index (χ2v) is 5.95. The number of nitrogens with one attached hydrogen (secondary N) is 1. The second kappa shape index (κ2) is 5.69. The van der Waals surface area contributed by atoms with Crippen LogP contribution in [0.3, 0.4) is 0 Å². The van der Waals surface area contributed by atoms with E-state index >= 15 is 0 Å². The third-order valence-electron chi connectivity index (χ3n) is 3.43. The lowest BCUT2D eigenvalue weighted by atomic mass is 10.1. The van der Waals surface area contributed by atoms with Crippen LogP contribution in [0.25, 0.3) is 10.6 Å². The van der Waals surface area contributed by atoms with E-state index in [0.717, 1.165) is 5.56 Å². The summed E-state index contributed by atoms with van der Waals surface area (Å²) in [5, 5.41) is 20.0. The van der Waals surface area contributed by atoms with Crippen LogP contribution < -0.4 is 5.32 Å². The fourth-order valence-corrected chi connectivity index (χ4v) is 2.97. The molecule has 1 aliphatic heterocycles. The number of benzene rings is 1. The third-order valence-corrected chi connectivity index (χ3v) is 4.32. The number of carbonyl (C=O) groups is 1. The number of rotatable bonds is 3. The zero-order valence-electron chi connectivity index (χ0n) is 11.5. The molecule has 22 heavy (non-hydrogen) atoms. The highest BCUT2D eigenvalue weighted by Crippen LogP contribution is 2.29. The van der Waals surface area contributed by atoms with E-state index in [9.17, 15) is 9.18 Å². The van der Waals surface area contributed by atoms with Crippen molar-refractivity contribution < 1.29 is 9.18 Å². The quantitative estimate of drug-likeness (QED) is 0.876. The summed E-state index contributed by atoms with van der Waals surface area (Å²) >= 11 is 1.18. The van der Waals surface area contributed by atoms with Gasteiger partial charge in [-0.15, -0.1) is 10.2 Å². The number of aromatic nitrogens is 2. The molecule has 2 aromatic rings. The lowest BCUT2D eigenvalue weighted by Crippen LogP contribution is -2.40. The number of hydrogen-bond acceptors (Lipinski definition) is 6. The standard InChI is InChI=1S/C14H12FN5OS/c15-14(6-7-20(8-14)9-16)12(21)17-13-19-18-11(22-13)10-4-2-1-3-5-10/h1-5H,6-8H2,(H,17,19,21). The molecule has 1 saturated heterocycles. The Morgan fingerprint density at radius 1 is 1.41 bits per heavy atom. The molecule has 0 spiro atoms. The highest BCUT2D eigenvalue weighted by atomic mass is 32.1. The first-order chi connectivity index (χ1) is 10.6. The van der Waals surface area contributed by atoms with Gasteiger partial charge in [0.1, 0.15) is 5.01 Å². The number of amides is 1. The molecule has 6 nitrogen and oxygen atoms in total. The van der Waals surface area contributed by atoms with Gasteiger partial charge in [0.15, 0.2) is 6.19 Å². The number of anilines is 1. The van der Waals surface area contributed by atoms with Crippen LogP contribution in [0.15, 0.2) is 30.3 Å². The number of hydrogen-bond donors (Lipinski definition) is 1. The molecule has 3 rings (SSSR count). The van der Waals surface area contributed by atoms with Crippen LogP contribution in [0.4, 0.5) is 9.52 Å². The van der Waals surface area contributed by atoms with E-state index in [1.807, 2.05) is 36.5 Å². The average molecular weight is 317 g/mol. The molecular formula is C14H12FN5OS. The topological polar surface area (TPSA) is 81.9 Å². The van der Waals surface area contributed by atoms with E-state index in [0.29, 0.717) is 5.01 Å². The molecule has 2 heterocycles. The summed E-state index contributed by atoms with van der Waals surface area (Å²) in [6.07, 6.45) is 1.85. The van der Waals surface area contributed by atoms with Gasteiger partial charge >= 0.3 is 0 Å². The van der Waals surface area contributed by atoms with Crippen molar-refractivity contribution in [2.45, 2.75) is 12.1 Å². The Hall–Kier alpha value is -2.53. The highest BCUT2D eigenvalue weighted by Gasteiger charge is 2.45. The molecular weight excluding hydrogens is 305 g/mol. The van der Waals surface area contributed by atoms with Crippen LogP contribution in [-0.2, 0) is 4.79 Å². The summed E-state index contributed by atoms with van der Waals surface area (Å²) in [5.41, 5.74) is -1.18. The summed E-state index contributed by atoms with van der Waals surface area (Å²) in [6.45, 7) is 0.0193. The molecule has 0 bridgehead atoms. The number of halogens is 1. The van der Waals surface area contributed by atoms with Crippen LogP contribution in [0.5, 0.6) is 0 Å². The van der Waals surface area contributed by atoms with Gasteiger partial charge in [-0.25, -0.2) is 4.39 Å². The Morgan fingerprint density at radius 2 is 2.18 bits per heavy atom. The van der Waals surface area contributed by atoms with Gasteiger partial charge < -0.3 is 4.90 Å². The predicted molar refractivity (Wildman–Crippen MR) is 79.6 cm³/mol. The molecule has 0 radical (unpaired) electrons. The minimum Gasteiger partial charge on any atom is -0.307 e. The van der Waals surface area contributed by atoms with Crippen molar-refractivity contribution in [1.82, 2.24) is 15.1 Å². The first kappa shape index (κ1) is 14.4. The fourth-order valence-electron chi connectivity index (χ4n) is 2.22. The SMILES string of the molecule is N#CN1CCC(F)(C(=O)Nc2nnc(-c3ccccc3)s2)C1. The molecule has 1 aromatic carbocycles. The lowest BCUT2D eigenvalue weighted by molar-refractivity contribution is -0.126. The van der Waals surface area contributed by atoms with Crippen molar-refractivity contribution in [3.8, 4) is 16.8 Å². The Bertz CT molecular complexity index is 728. The summed E-state index contributed by atoms with van der Waals surface area (Å²) in [5.74, 6) is -0.777. The molecule has 1 aliphatic rings.